The molecule has 1 saturated heterocycles. The molecule has 3 N–H and O–H groups in total. The number of anilines is 1. The fourth-order valence-corrected chi connectivity index (χ4v) is 3.86. The number of nitrogens with zero attached hydrogens (tertiary/aromatic N) is 1. The van der Waals surface area contributed by atoms with Crippen molar-refractivity contribution >= 4 is 23.3 Å². The highest BCUT2D eigenvalue weighted by Crippen LogP contribution is 2.29. The minimum absolute atomic E-state index is 0.148. The van der Waals surface area contributed by atoms with Crippen LogP contribution >= 0.6 is 11.8 Å². The monoisotopic (exact) mass is 263 g/mol. The molecule has 1 aromatic rings. The van der Waals surface area contributed by atoms with Crippen molar-refractivity contribution in [1.82, 2.24) is 0 Å². The molecule has 18 heavy (non-hydrogen) atoms. The second-order valence-electron chi connectivity index (χ2n) is 5.08. The number of hydrogen-bond donors (Lipinski definition) is 2. The lowest BCUT2D eigenvalue weighted by molar-refractivity contribution is 0.728. The maximum Gasteiger partial charge on any atom is 0.123 e. The van der Waals surface area contributed by atoms with Crippen molar-refractivity contribution in [3.63, 3.8) is 0 Å². The second kappa shape index (κ2) is 5.22. The Morgan fingerprint density at radius 3 is 2.44 bits per heavy atom. The summed E-state index contributed by atoms with van der Waals surface area (Å²) in [5, 5.41) is 8.85. The van der Waals surface area contributed by atoms with E-state index < -0.39 is 0 Å². The molecule has 1 heterocycles. The molecular weight excluding hydrogens is 242 g/mol. The van der Waals surface area contributed by atoms with Crippen LogP contribution in [0, 0.1) is 12.3 Å². The Balaban J connectivity index is 2.23. The maximum absolute atomic E-state index is 7.52. The Hall–Kier alpha value is -1.16. The molecule has 0 aliphatic carbocycles. The summed E-state index contributed by atoms with van der Waals surface area (Å²) < 4.78 is 0. The van der Waals surface area contributed by atoms with E-state index >= 15 is 0 Å². The summed E-state index contributed by atoms with van der Waals surface area (Å²) in [6, 6.07) is 6.19. The maximum atomic E-state index is 7.52. The molecule has 98 valence electrons. The minimum Gasteiger partial charge on any atom is -0.384 e. The van der Waals surface area contributed by atoms with Gasteiger partial charge < -0.3 is 10.6 Å². The van der Waals surface area contributed by atoms with Gasteiger partial charge in [0.1, 0.15) is 5.84 Å². The van der Waals surface area contributed by atoms with Crippen molar-refractivity contribution < 1.29 is 0 Å². The van der Waals surface area contributed by atoms with Crippen LogP contribution in [0.15, 0.2) is 18.2 Å². The van der Waals surface area contributed by atoms with Crippen molar-refractivity contribution in [2.75, 3.05) is 18.0 Å². The number of hydrogen-bond acceptors (Lipinski definition) is 3. The van der Waals surface area contributed by atoms with E-state index in [0.29, 0.717) is 10.5 Å². The normalized spacial score (nSPS) is 24.1. The molecule has 2 atom stereocenters. The first-order valence-electron chi connectivity index (χ1n) is 6.33. The zero-order valence-corrected chi connectivity index (χ0v) is 12.1. The molecule has 0 saturated carbocycles. The van der Waals surface area contributed by atoms with Crippen molar-refractivity contribution in [2.24, 2.45) is 5.73 Å². The number of benzene rings is 1. The lowest BCUT2D eigenvalue weighted by Crippen LogP contribution is -2.40. The molecule has 2 rings (SSSR count). The largest absolute Gasteiger partial charge is 0.384 e. The summed E-state index contributed by atoms with van der Waals surface area (Å²) in [6.45, 7) is 8.77. The zero-order valence-electron chi connectivity index (χ0n) is 11.2. The highest BCUT2D eigenvalue weighted by atomic mass is 32.2. The van der Waals surface area contributed by atoms with Crippen molar-refractivity contribution in [1.29, 1.82) is 5.41 Å². The van der Waals surface area contributed by atoms with Gasteiger partial charge in [-0.2, -0.15) is 11.8 Å². The minimum atomic E-state index is 0.148. The molecule has 0 spiro atoms. The van der Waals surface area contributed by atoms with Crippen LogP contribution in [0.2, 0.25) is 0 Å². The molecule has 3 nitrogen and oxygen atoms in total. The number of nitrogens with two attached hydrogens (primary N) is 1. The number of thioether (sulfide) groups is 1. The third-order valence-corrected chi connectivity index (χ3v) is 4.51. The third-order valence-electron chi connectivity index (χ3n) is 3.28. The predicted molar refractivity (Wildman–Crippen MR) is 80.9 cm³/mol. The molecular formula is C14H21N3S. The summed E-state index contributed by atoms with van der Waals surface area (Å²) >= 11 is 2.06. The standard InChI is InChI=1S/C14H21N3S/c1-9-6-12(4-5-13(9)14(15)16)17-7-10(2)18-11(3)8-17/h4-6,10-11H,7-8H2,1-3H3,(H3,15,16). The van der Waals surface area contributed by atoms with Gasteiger partial charge in [-0.15, -0.1) is 0 Å². The van der Waals surface area contributed by atoms with E-state index in [1.807, 2.05) is 13.0 Å². The number of nitrogens with one attached hydrogen (secondary N) is 1. The van der Waals surface area contributed by atoms with E-state index in [1.165, 1.54) is 5.69 Å². The van der Waals surface area contributed by atoms with Crippen molar-refractivity contribution in [2.45, 2.75) is 31.3 Å². The van der Waals surface area contributed by atoms with Gasteiger partial charge >= 0.3 is 0 Å². The van der Waals surface area contributed by atoms with E-state index in [0.717, 1.165) is 24.2 Å². The summed E-state index contributed by atoms with van der Waals surface area (Å²) in [5.74, 6) is 0.148. The van der Waals surface area contributed by atoms with Gasteiger partial charge in [-0.05, 0) is 30.7 Å². The quantitative estimate of drug-likeness (QED) is 0.637. The van der Waals surface area contributed by atoms with E-state index in [2.05, 4.69) is 42.6 Å². The third kappa shape index (κ3) is 2.80. The molecule has 0 radical (unpaired) electrons. The topological polar surface area (TPSA) is 53.1 Å². The molecule has 0 bridgehead atoms. The number of rotatable bonds is 2. The van der Waals surface area contributed by atoms with Gasteiger partial charge in [0.25, 0.3) is 0 Å². The number of aryl methyl sites for hydroxylation is 1. The van der Waals surface area contributed by atoms with Crippen LogP contribution in [-0.4, -0.2) is 29.4 Å². The van der Waals surface area contributed by atoms with Crippen LogP contribution in [0.1, 0.15) is 25.0 Å². The fourth-order valence-electron chi connectivity index (χ4n) is 2.54. The van der Waals surface area contributed by atoms with Crippen LogP contribution < -0.4 is 10.6 Å². The lowest BCUT2D eigenvalue weighted by atomic mass is 10.1. The van der Waals surface area contributed by atoms with Crippen molar-refractivity contribution in [3.05, 3.63) is 29.3 Å². The highest BCUT2D eigenvalue weighted by molar-refractivity contribution is 8.00. The molecule has 2 unspecified atom stereocenters. The first kappa shape index (κ1) is 13.3. The molecule has 0 amide bonds. The van der Waals surface area contributed by atoms with E-state index in [1.54, 1.807) is 0 Å². The summed E-state index contributed by atoms with van der Waals surface area (Å²) in [6.07, 6.45) is 0. The predicted octanol–water partition coefficient (Wildman–Crippen LogP) is 2.61. The van der Waals surface area contributed by atoms with Gasteiger partial charge in [0.05, 0.1) is 0 Å². The molecule has 1 aromatic carbocycles. The molecule has 4 heteroatoms. The molecule has 1 aliphatic heterocycles. The van der Waals surface area contributed by atoms with Gasteiger partial charge in [0.2, 0.25) is 0 Å². The van der Waals surface area contributed by atoms with Gasteiger partial charge in [-0.3, -0.25) is 5.41 Å². The Labute approximate surface area is 113 Å². The number of amidine groups is 1. The summed E-state index contributed by atoms with van der Waals surface area (Å²) in [7, 11) is 0. The second-order valence-corrected chi connectivity index (χ2v) is 6.96. The van der Waals surface area contributed by atoms with Gasteiger partial charge in [-0.25, -0.2) is 0 Å². The van der Waals surface area contributed by atoms with E-state index in [4.69, 9.17) is 11.1 Å². The average Bonchev–Trinajstić information content (AvgIpc) is 2.26. The molecule has 1 fully saturated rings. The van der Waals surface area contributed by atoms with Crippen LogP contribution in [-0.2, 0) is 0 Å². The zero-order chi connectivity index (χ0) is 13.3. The highest BCUT2D eigenvalue weighted by Gasteiger charge is 2.22. The lowest BCUT2D eigenvalue weighted by Gasteiger charge is -2.36. The van der Waals surface area contributed by atoms with Gasteiger partial charge in [-0.1, -0.05) is 13.8 Å². The van der Waals surface area contributed by atoms with E-state index in [9.17, 15) is 0 Å². The SMILES string of the molecule is Cc1cc(N2CC(C)SC(C)C2)ccc1C(=N)N. The smallest absolute Gasteiger partial charge is 0.123 e. The van der Waals surface area contributed by atoms with E-state index in [-0.39, 0.29) is 5.84 Å². The van der Waals surface area contributed by atoms with Crippen LogP contribution in [0.4, 0.5) is 5.69 Å². The Bertz CT molecular complexity index is 448. The Morgan fingerprint density at radius 2 is 1.94 bits per heavy atom. The molecule has 1 aliphatic rings. The van der Waals surface area contributed by atoms with Crippen LogP contribution in [0.5, 0.6) is 0 Å². The van der Waals surface area contributed by atoms with Gasteiger partial charge in [0.15, 0.2) is 0 Å². The first-order valence-corrected chi connectivity index (χ1v) is 7.27. The Kier molecular flexibility index (Phi) is 3.85. The average molecular weight is 263 g/mol. The van der Waals surface area contributed by atoms with Crippen LogP contribution in [0.25, 0.3) is 0 Å². The van der Waals surface area contributed by atoms with Crippen LogP contribution in [0.3, 0.4) is 0 Å². The fraction of sp³-hybridized carbons (Fsp3) is 0.500. The summed E-state index contributed by atoms with van der Waals surface area (Å²) in [4.78, 5) is 2.43. The Morgan fingerprint density at radius 1 is 1.33 bits per heavy atom. The first-order chi connectivity index (χ1) is 8.47. The van der Waals surface area contributed by atoms with Gasteiger partial charge in [0, 0.05) is 34.8 Å². The summed E-state index contributed by atoms with van der Waals surface area (Å²) in [5.41, 5.74) is 8.72. The molecule has 0 aromatic heterocycles. The number of nitrogen functional groups attached to an aromatic ring is 1. The van der Waals surface area contributed by atoms with Crippen molar-refractivity contribution in [3.8, 4) is 0 Å².